The van der Waals surface area contributed by atoms with Crippen LogP contribution in [0.2, 0.25) is 0 Å². The normalized spacial score (nSPS) is 13.4. The van der Waals surface area contributed by atoms with E-state index in [2.05, 4.69) is 9.98 Å². The second-order valence-electron chi connectivity index (χ2n) is 6.24. The highest BCUT2D eigenvalue weighted by molar-refractivity contribution is 6.05. The average molecular weight is 361 g/mol. The van der Waals surface area contributed by atoms with E-state index in [-0.39, 0.29) is 5.56 Å². The van der Waals surface area contributed by atoms with Gasteiger partial charge in [0.05, 0.1) is 50.3 Å². The van der Waals surface area contributed by atoms with Gasteiger partial charge in [-0.25, -0.2) is 4.98 Å². The fourth-order valence-electron chi connectivity index (χ4n) is 3.20. The summed E-state index contributed by atoms with van der Waals surface area (Å²) in [5.74, 6) is 1.45. The van der Waals surface area contributed by atoms with E-state index in [1.807, 2.05) is 30.3 Å². The molecule has 0 atom stereocenters. The van der Waals surface area contributed by atoms with Crippen molar-refractivity contribution in [3.63, 3.8) is 0 Å². The first-order valence-electron chi connectivity index (χ1n) is 8.60. The lowest BCUT2D eigenvalue weighted by Crippen LogP contribution is -2.23. The number of hydrogen-bond donors (Lipinski definition) is 0. The lowest BCUT2D eigenvalue weighted by molar-refractivity contribution is 0.413. The Morgan fingerprint density at radius 3 is 2.78 bits per heavy atom. The van der Waals surface area contributed by atoms with E-state index in [0.717, 1.165) is 22.6 Å². The molecule has 0 fully saturated rings. The Labute approximate surface area is 156 Å². The molecule has 0 aliphatic carbocycles. The molecule has 3 aromatic rings. The van der Waals surface area contributed by atoms with E-state index in [1.54, 1.807) is 43.3 Å². The summed E-state index contributed by atoms with van der Waals surface area (Å²) in [5, 5.41) is 0.532. The molecule has 2 aromatic carbocycles. The highest BCUT2D eigenvalue weighted by Crippen LogP contribution is 2.28. The van der Waals surface area contributed by atoms with Gasteiger partial charge in [-0.2, -0.15) is 0 Å². The second-order valence-corrected chi connectivity index (χ2v) is 6.24. The van der Waals surface area contributed by atoms with Crippen LogP contribution in [0.15, 0.2) is 64.7 Å². The number of aliphatic imine (C=N–C) groups is 1. The van der Waals surface area contributed by atoms with Crippen molar-refractivity contribution in [2.45, 2.75) is 6.54 Å². The average Bonchev–Trinajstić information content (AvgIpc) is 3.18. The zero-order valence-electron chi connectivity index (χ0n) is 15.2. The minimum Gasteiger partial charge on any atom is -0.497 e. The van der Waals surface area contributed by atoms with Gasteiger partial charge in [0.25, 0.3) is 5.56 Å². The Morgan fingerprint density at radius 1 is 1.11 bits per heavy atom. The second kappa shape index (κ2) is 7.07. The van der Waals surface area contributed by atoms with Gasteiger partial charge in [-0.05, 0) is 35.9 Å². The fourth-order valence-corrected chi connectivity index (χ4v) is 3.20. The minimum absolute atomic E-state index is 0.110. The molecular formula is C21H19N3O3. The van der Waals surface area contributed by atoms with E-state index < -0.39 is 0 Å². The summed E-state index contributed by atoms with van der Waals surface area (Å²) in [6, 6.07) is 13.2. The maximum absolute atomic E-state index is 12.8. The minimum atomic E-state index is -0.110. The molecule has 27 heavy (non-hydrogen) atoms. The number of rotatable bonds is 5. The standard InChI is InChI=1S/C21H19N3O3/c1-26-16-7-8-19-18(10-16)21(25)24(13-23-19)12-15-9-14(11-22-15)17-5-3-4-6-20(17)27-2/h3-10,13H,11-12H2,1-2H3. The molecule has 1 aliphatic heterocycles. The first kappa shape index (κ1) is 17.0. The van der Waals surface area contributed by atoms with Gasteiger partial charge < -0.3 is 9.47 Å². The van der Waals surface area contributed by atoms with Gasteiger partial charge in [-0.1, -0.05) is 18.2 Å². The molecule has 1 aliphatic rings. The van der Waals surface area contributed by atoms with Crippen molar-refractivity contribution in [2.75, 3.05) is 20.8 Å². The zero-order valence-corrected chi connectivity index (χ0v) is 15.2. The number of aromatic nitrogens is 2. The monoisotopic (exact) mass is 361 g/mol. The van der Waals surface area contributed by atoms with E-state index in [9.17, 15) is 4.79 Å². The molecule has 2 heterocycles. The molecule has 6 heteroatoms. The third kappa shape index (κ3) is 3.21. The van der Waals surface area contributed by atoms with E-state index in [4.69, 9.17) is 9.47 Å². The Hall–Kier alpha value is -3.41. The summed E-state index contributed by atoms with van der Waals surface area (Å²) in [5.41, 5.74) is 3.47. The maximum atomic E-state index is 12.8. The molecule has 4 rings (SSSR count). The zero-order chi connectivity index (χ0) is 18.8. The Bertz CT molecular complexity index is 1130. The number of fused-ring (bicyclic) bond motifs is 1. The number of nitrogens with zero attached hydrogens (tertiary/aromatic N) is 3. The van der Waals surface area contributed by atoms with Crippen molar-refractivity contribution in [1.29, 1.82) is 0 Å². The lowest BCUT2D eigenvalue weighted by Gasteiger charge is -2.08. The van der Waals surface area contributed by atoms with Crippen molar-refractivity contribution in [3.05, 3.63) is 70.8 Å². The summed E-state index contributed by atoms with van der Waals surface area (Å²) >= 11 is 0. The number of allylic oxidation sites excluding steroid dienone is 1. The summed E-state index contributed by atoms with van der Waals surface area (Å²) in [4.78, 5) is 21.8. The largest absolute Gasteiger partial charge is 0.497 e. The predicted octanol–water partition coefficient (Wildman–Crippen LogP) is 2.95. The van der Waals surface area contributed by atoms with Crippen LogP contribution in [0, 0.1) is 0 Å². The molecule has 0 radical (unpaired) electrons. The van der Waals surface area contributed by atoms with Crippen LogP contribution < -0.4 is 15.0 Å². The molecule has 0 bridgehead atoms. The van der Waals surface area contributed by atoms with Crippen LogP contribution >= 0.6 is 0 Å². The molecule has 0 amide bonds. The smallest absolute Gasteiger partial charge is 0.261 e. The third-order valence-electron chi connectivity index (χ3n) is 4.61. The maximum Gasteiger partial charge on any atom is 0.261 e. The molecule has 6 nitrogen and oxygen atoms in total. The molecule has 0 N–H and O–H groups in total. The Morgan fingerprint density at radius 2 is 1.96 bits per heavy atom. The van der Waals surface area contributed by atoms with Gasteiger partial charge in [0.15, 0.2) is 0 Å². The van der Waals surface area contributed by atoms with Crippen LogP contribution in [0.25, 0.3) is 16.5 Å². The topological polar surface area (TPSA) is 65.7 Å². The first-order valence-corrected chi connectivity index (χ1v) is 8.60. The van der Waals surface area contributed by atoms with Gasteiger partial charge in [0.1, 0.15) is 11.5 Å². The third-order valence-corrected chi connectivity index (χ3v) is 4.61. The van der Waals surface area contributed by atoms with Crippen LogP contribution in [-0.2, 0) is 6.54 Å². The van der Waals surface area contributed by atoms with Crippen molar-refractivity contribution in [1.82, 2.24) is 9.55 Å². The van der Waals surface area contributed by atoms with E-state index in [1.165, 1.54) is 0 Å². The first-order chi connectivity index (χ1) is 13.2. The number of methoxy groups -OCH3 is 2. The van der Waals surface area contributed by atoms with Gasteiger partial charge in [0, 0.05) is 5.56 Å². The number of ether oxygens (including phenoxy) is 2. The molecule has 1 aromatic heterocycles. The number of benzene rings is 2. The summed E-state index contributed by atoms with van der Waals surface area (Å²) in [6.07, 6.45) is 3.58. The van der Waals surface area contributed by atoms with Crippen LogP contribution in [-0.4, -0.2) is 36.0 Å². The molecule has 0 unspecified atom stereocenters. The van der Waals surface area contributed by atoms with E-state index >= 15 is 0 Å². The SMILES string of the molecule is COc1ccc2ncn(CC3=NCC(c4ccccc4OC)=C3)c(=O)c2c1. The molecule has 0 spiro atoms. The summed E-state index contributed by atoms with van der Waals surface area (Å²) in [6.45, 7) is 0.941. The molecular weight excluding hydrogens is 342 g/mol. The molecule has 0 saturated carbocycles. The highest BCUT2D eigenvalue weighted by Gasteiger charge is 2.15. The number of hydrogen-bond acceptors (Lipinski definition) is 5. The molecule has 0 saturated heterocycles. The quantitative estimate of drug-likeness (QED) is 0.701. The number of para-hydroxylation sites is 1. The van der Waals surface area contributed by atoms with Crippen LogP contribution in [0.4, 0.5) is 0 Å². The summed E-state index contributed by atoms with van der Waals surface area (Å²) in [7, 11) is 3.23. The van der Waals surface area contributed by atoms with Crippen LogP contribution in [0.3, 0.4) is 0 Å². The Kier molecular flexibility index (Phi) is 4.46. The lowest BCUT2D eigenvalue weighted by atomic mass is 10.0. The van der Waals surface area contributed by atoms with Crippen LogP contribution in [0.1, 0.15) is 5.56 Å². The van der Waals surface area contributed by atoms with E-state index in [0.29, 0.717) is 29.7 Å². The van der Waals surface area contributed by atoms with Crippen molar-refractivity contribution in [3.8, 4) is 11.5 Å². The van der Waals surface area contributed by atoms with Crippen molar-refractivity contribution >= 4 is 22.2 Å². The predicted molar refractivity (Wildman–Crippen MR) is 106 cm³/mol. The van der Waals surface area contributed by atoms with Gasteiger partial charge in [-0.3, -0.25) is 14.4 Å². The van der Waals surface area contributed by atoms with Gasteiger partial charge in [-0.15, -0.1) is 0 Å². The highest BCUT2D eigenvalue weighted by atomic mass is 16.5. The van der Waals surface area contributed by atoms with Gasteiger partial charge in [0.2, 0.25) is 0 Å². The Balaban J connectivity index is 1.64. The van der Waals surface area contributed by atoms with Crippen molar-refractivity contribution < 1.29 is 9.47 Å². The molecule has 136 valence electrons. The van der Waals surface area contributed by atoms with Gasteiger partial charge >= 0.3 is 0 Å². The summed E-state index contributed by atoms with van der Waals surface area (Å²) < 4.78 is 12.2. The van der Waals surface area contributed by atoms with Crippen LogP contribution in [0.5, 0.6) is 11.5 Å². The fraction of sp³-hybridized carbons (Fsp3) is 0.190. The van der Waals surface area contributed by atoms with Crippen molar-refractivity contribution in [2.24, 2.45) is 4.99 Å².